The van der Waals surface area contributed by atoms with Gasteiger partial charge in [0.05, 0.1) is 11.3 Å². The van der Waals surface area contributed by atoms with Gasteiger partial charge in [-0.1, -0.05) is 54.6 Å². The third-order valence-corrected chi connectivity index (χ3v) is 4.30. The molecular weight excluding hydrogens is 328 g/mol. The van der Waals surface area contributed by atoms with Gasteiger partial charge in [0.25, 0.3) is 5.91 Å². The van der Waals surface area contributed by atoms with Gasteiger partial charge < -0.3 is 0 Å². The van der Waals surface area contributed by atoms with Crippen molar-refractivity contribution in [2.75, 3.05) is 5.43 Å². The number of anilines is 1. The molecule has 0 radical (unpaired) electrons. The number of ketones is 2. The number of amides is 1. The molecule has 3 aromatic rings. The number of benzene rings is 3. The normalized spacial score (nSPS) is 12.2. The summed E-state index contributed by atoms with van der Waals surface area (Å²) in [7, 11) is 0. The summed E-state index contributed by atoms with van der Waals surface area (Å²) in [6.45, 7) is 0. The number of carbonyl (C=O) groups is 3. The molecule has 126 valence electrons. The van der Waals surface area contributed by atoms with Crippen molar-refractivity contribution in [3.05, 3.63) is 101 Å². The smallest absolute Gasteiger partial charge is 0.269 e. The van der Waals surface area contributed by atoms with Gasteiger partial charge in [0, 0.05) is 22.3 Å². The number of nitrogens with one attached hydrogen (secondary N) is 2. The Hall–Kier alpha value is -3.73. The molecule has 0 saturated carbocycles. The predicted molar refractivity (Wildman–Crippen MR) is 97.3 cm³/mol. The molecular formula is C21H14N2O3. The topological polar surface area (TPSA) is 75.3 Å². The maximum atomic E-state index is 12.9. The molecule has 1 aliphatic rings. The zero-order chi connectivity index (χ0) is 18.1. The number of hydrazine groups is 1. The Morgan fingerprint density at radius 3 is 2.00 bits per heavy atom. The van der Waals surface area contributed by atoms with Gasteiger partial charge in [0.1, 0.15) is 0 Å². The summed E-state index contributed by atoms with van der Waals surface area (Å²) < 4.78 is 0. The third-order valence-electron chi connectivity index (χ3n) is 4.30. The highest BCUT2D eigenvalue weighted by Crippen LogP contribution is 2.31. The molecule has 0 aromatic heterocycles. The predicted octanol–water partition coefficient (Wildman–Crippen LogP) is 3.22. The maximum absolute atomic E-state index is 12.9. The van der Waals surface area contributed by atoms with Gasteiger partial charge in [-0.25, -0.2) is 0 Å². The summed E-state index contributed by atoms with van der Waals surface area (Å²) in [6, 6.07) is 20.4. The van der Waals surface area contributed by atoms with Crippen LogP contribution in [-0.4, -0.2) is 17.5 Å². The fourth-order valence-corrected chi connectivity index (χ4v) is 3.03. The molecule has 0 aliphatic heterocycles. The van der Waals surface area contributed by atoms with E-state index in [1.165, 1.54) is 0 Å². The van der Waals surface area contributed by atoms with E-state index >= 15 is 0 Å². The molecule has 0 unspecified atom stereocenters. The van der Waals surface area contributed by atoms with Crippen molar-refractivity contribution in [2.45, 2.75) is 0 Å². The molecule has 0 bridgehead atoms. The highest BCUT2D eigenvalue weighted by Gasteiger charge is 2.31. The van der Waals surface area contributed by atoms with Crippen LogP contribution in [0.2, 0.25) is 0 Å². The van der Waals surface area contributed by atoms with Crippen molar-refractivity contribution < 1.29 is 14.4 Å². The fourth-order valence-electron chi connectivity index (χ4n) is 3.03. The van der Waals surface area contributed by atoms with E-state index in [0.29, 0.717) is 27.9 Å². The van der Waals surface area contributed by atoms with Gasteiger partial charge in [-0.15, -0.1) is 0 Å². The summed E-state index contributed by atoms with van der Waals surface area (Å²) in [5, 5.41) is 0. The molecule has 5 nitrogen and oxygen atoms in total. The molecule has 2 N–H and O–H groups in total. The van der Waals surface area contributed by atoms with E-state index in [1.54, 1.807) is 66.7 Å². The van der Waals surface area contributed by atoms with E-state index in [0.717, 1.165) is 0 Å². The van der Waals surface area contributed by atoms with Gasteiger partial charge in [0.2, 0.25) is 0 Å². The lowest BCUT2D eigenvalue weighted by Crippen LogP contribution is -2.31. The van der Waals surface area contributed by atoms with Crippen LogP contribution in [0.25, 0.3) is 0 Å². The minimum Gasteiger partial charge on any atom is -0.298 e. The van der Waals surface area contributed by atoms with Crippen LogP contribution in [0, 0.1) is 0 Å². The number of hydrogen-bond acceptors (Lipinski definition) is 4. The molecule has 0 atom stereocenters. The van der Waals surface area contributed by atoms with Crippen LogP contribution in [0.5, 0.6) is 0 Å². The van der Waals surface area contributed by atoms with Crippen LogP contribution in [0.15, 0.2) is 72.8 Å². The second-order valence-corrected chi connectivity index (χ2v) is 5.88. The molecule has 0 spiro atoms. The van der Waals surface area contributed by atoms with Crippen LogP contribution < -0.4 is 10.9 Å². The van der Waals surface area contributed by atoms with E-state index in [4.69, 9.17) is 0 Å². The third kappa shape index (κ3) is 2.56. The first-order valence-electron chi connectivity index (χ1n) is 8.09. The summed E-state index contributed by atoms with van der Waals surface area (Å²) in [4.78, 5) is 37.8. The summed E-state index contributed by atoms with van der Waals surface area (Å²) in [5.41, 5.74) is 7.59. The number of rotatable bonds is 3. The van der Waals surface area contributed by atoms with Crippen LogP contribution in [0.3, 0.4) is 0 Å². The second-order valence-electron chi connectivity index (χ2n) is 5.88. The van der Waals surface area contributed by atoms with Crippen molar-refractivity contribution in [1.82, 2.24) is 5.43 Å². The van der Waals surface area contributed by atoms with Crippen molar-refractivity contribution in [3.8, 4) is 0 Å². The summed E-state index contributed by atoms with van der Waals surface area (Å²) in [5.74, 6) is -0.779. The highest BCUT2D eigenvalue weighted by molar-refractivity contribution is 6.30. The molecule has 0 fully saturated rings. The molecule has 26 heavy (non-hydrogen) atoms. The monoisotopic (exact) mass is 342 g/mol. The lowest BCUT2D eigenvalue weighted by atomic mass is 9.83. The van der Waals surface area contributed by atoms with Crippen molar-refractivity contribution in [1.29, 1.82) is 0 Å². The average molecular weight is 342 g/mol. The van der Waals surface area contributed by atoms with Gasteiger partial charge >= 0.3 is 0 Å². The molecule has 1 aliphatic carbocycles. The molecule has 5 heteroatoms. The van der Waals surface area contributed by atoms with Gasteiger partial charge in [0.15, 0.2) is 11.6 Å². The first-order chi connectivity index (χ1) is 12.7. The lowest BCUT2D eigenvalue weighted by Gasteiger charge is -2.20. The first kappa shape index (κ1) is 15.8. The largest absolute Gasteiger partial charge is 0.298 e. The lowest BCUT2D eigenvalue weighted by molar-refractivity contribution is 0.0960. The summed E-state index contributed by atoms with van der Waals surface area (Å²) >= 11 is 0. The van der Waals surface area contributed by atoms with Crippen LogP contribution in [0.1, 0.15) is 42.2 Å². The highest BCUT2D eigenvalue weighted by atomic mass is 16.2. The molecule has 0 saturated heterocycles. The van der Waals surface area contributed by atoms with Crippen molar-refractivity contribution in [2.24, 2.45) is 0 Å². The molecule has 4 rings (SSSR count). The van der Waals surface area contributed by atoms with Crippen LogP contribution >= 0.6 is 0 Å². The van der Waals surface area contributed by atoms with E-state index in [-0.39, 0.29) is 23.0 Å². The number of carbonyl (C=O) groups excluding carboxylic acids is 3. The fraction of sp³-hybridized carbons (Fsp3) is 0. The minimum absolute atomic E-state index is 0.201. The summed E-state index contributed by atoms with van der Waals surface area (Å²) in [6.07, 6.45) is 0. The molecule has 3 aromatic carbocycles. The average Bonchev–Trinajstić information content (AvgIpc) is 2.70. The van der Waals surface area contributed by atoms with E-state index in [9.17, 15) is 14.4 Å². The quantitative estimate of drug-likeness (QED) is 0.561. The zero-order valence-electron chi connectivity index (χ0n) is 13.7. The molecule has 0 heterocycles. The Morgan fingerprint density at radius 2 is 1.27 bits per heavy atom. The van der Waals surface area contributed by atoms with Gasteiger partial charge in [-0.3, -0.25) is 25.2 Å². The SMILES string of the molecule is O=C(NNc1cccc2c1C(=O)c1ccccc1C2=O)c1ccccc1. The van der Waals surface area contributed by atoms with E-state index < -0.39 is 0 Å². The Kier molecular flexibility index (Phi) is 3.82. The Balaban J connectivity index is 1.67. The van der Waals surface area contributed by atoms with Crippen molar-refractivity contribution in [3.63, 3.8) is 0 Å². The van der Waals surface area contributed by atoms with E-state index in [2.05, 4.69) is 10.9 Å². The number of hydrogen-bond donors (Lipinski definition) is 2. The standard InChI is InChI=1S/C21H14N2O3/c24-19-14-9-4-5-10-15(14)20(25)18-16(19)11-6-12-17(18)22-23-21(26)13-7-2-1-3-8-13/h1-12,22H,(H,23,26). The number of fused-ring (bicyclic) bond motifs is 2. The van der Waals surface area contributed by atoms with Crippen molar-refractivity contribution >= 4 is 23.2 Å². The Labute approximate surface area is 149 Å². The molecule has 1 amide bonds. The van der Waals surface area contributed by atoms with Crippen LogP contribution in [-0.2, 0) is 0 Å². The Morgan fingerprint density at radius 1 is 0.654 bits per heavy atom. The second kappa shape index (κ2) is 6.29. The maximum Gasteiger partial charge on any atom is 0.269 e. The Bertz CT molecular complexity index is 1040. The minimum atomic E-state index is -0.335. The van der Waals surface area contributed by atoms with Gasteiger partial charge in [-0.2, -0.15) is 0 Å². The van der Waals surface area contributed by atoms with Gasteiger partial charge in [-0.05, 0) is 18.2 Å². The first-order valence-corrected chi connectivity index (χ1v) is 8.09. The zero-order valence-corrected chi connectivity index (χ0v) is 13.7. The van der Waals surface area contributed by atoms with Crippen LogP contribution in [0.4, 0.5) is 5.69 Å². The van der Waals surface area contributed by atoms with E-state index in [1.807, 2.05) is 6.07 Å².